The first kappa shape index (κ1) is 18.1. The van der Waals surface area contributed by atoms with E-state index >= 15 is 0 Å². The molecule has 0 radical (unpaired) electrons. The van der Waals surface area contributed by atoms with Crippen LogP contribution in [-0.4, -0.2) is 16.8 Å². The summed E-state index contributed by atoms with van der Waals surface area (Å²) < 4.78 is 0. The molecule has 4 rings (SSSR count). The highest BCUT2D eigenvalue weighted by atomic mass is 16.3. The SMILES string of the molecule is Cc1cccc(CN2C(=O)[C@](O)(CC(=O)c3ccccc3)c3ccccc32)c1. The zero-order valence-electron chi connectivity index (χ0n) is 15.6. The Morgan fingerprint density at radius 1 is 0.964 bits per heavy atom. The Labute approximate surface area is 164 Å². The summed E-state index contributed by atoms with van der Waals surface area (Å²) in [6.45, 7) is 2.34. The van der Waals surface area contributed by atoms with E-state index in [9.17, 15) is 14.7 Å². The maximum Gasteiger partial charge on any atom is 0.264 e. The highest BCUT2D eigenvalue weighted by molar-refractivity contribution is 6.10. The summed E-state index contributed by atoms with van der Waals surface area (Å²) in [5.41, 5.74) is 1.84. The number of aliphatic hydroxyl groups is 1. The van der Waals surface area contributed by atoms with Gasteiger partial charge in [0, 0.05) is 11.1 Å². The second-order valence-electron chi connectivity index (χ2n) is 7.22. The quantitative estimate of drug-likeness (QED) is 0.690. The van der Waals surface area contributed by atoms with Gasteiger partial charge in [-0.15, -0.1) is 0 Å². The fourth-order valence-electron chi connectivity index (χ4n) is 3.79. The lowest BCUT2D eigenvalue weighted by Crippen LogP contribution is -2.41. The summed E-state index contributed by atoms with van der Waals surface area (Å²) in [6.07, 6.45) is -0.281. The van der Waals surface area contributed by atoms with Crippen LogP contribution in [0.25, 0.3) is 0 Å². The molecule has 1 N–H and O–H groups in total. The first-order valence-corrected chi connectivity index (χ1v) is 9.27. The molecule has 1 amide bonds. The zero-order valence-corrected chi connectivity index (χ0v) is 15.6. The minimum Gasteiger partial charge on any atom is -0.375 e. The first-order valence-electron chi connectivity index (χ1n) is 9.27. The van der Waals surface area contributed by atoms with E-state index in [0.29, 0.717) is 23.4 Å². The number of para-hydroxylation sites is 1. The van der Waals surface area contributed by atoms with E-state index < -0.39 is 11.5 Å². The summed E-state index contributed by atoms with van der Waals surface area (Å²) >= 11 is 0. The van der Waals surface area contributed by atoms with Crippen molar-refractivity contribution in [1.82, 2.24) is 0 Å². The fourth-order valence-corrected chi connectivity index (χ4v) is 3.79. The number of hydrogen-bond acceptors (Lipinski definition) is 3. The summed E-state index contributed by atoms with van der Waals surface area (Å²) in [4.78, 5) is 27.6. The zero-order chi connectivity index (χ0) is 19.7. The van der Waals surface area contributed by atoms with Crippen LogP contribution in [0.5, 0.6) is 0 Å². The Hall–Kier alpha value is -3.24. The summed E-state index contributed by atoms with van der Waals surface area (Å²) in [7, 11) is 0. The average molecular weight is 371 g/mol. The Balaban J connectivity index is 1.69. The van der Waals surface area contributed by atoms with Crippen molar-refractivity contribution in [2.45, 2.75) is 25.5 Å². The van der Waals surface area contributed by atoms with Crippen LogP contribution in [0.3, 0.4) is 0 Å². The number of fused-ring (bicyclic) bond motifs is 1. The molecule has 0 bridgehead atoms. The standard InChI is InChI=1S/C24H21NO3/c1-17-8-7-9-18(14-17)16-25-21-13-6-5-12-20(21)24(28,23(25)27)15-22(26)19-10-3-2-4-11-19/h2-14,28H,15-16H2,1H3/t24-/m0/s1. The number of rotatable bonds is 5. The van der Waals surface area contributed by atoms with Gasteiger partial charge in [-0.25, -0.2) is 0 Å². The van der Waals surface area contributed by atoms with Gasteiger partial charge in [0.25, 0.3) is 5.91 Å². The maximum absolute atomic E-state index is 13.3. The topological polar surface area (TPSA) is 57.6 Å². The largest absolute Gasteiger partial charge is 0.375 e. The molecule has 1 heterocycles. The number of benzene rings is 3. The molecule has 3 aromatic rings. The van der Waals surface area contributed by atoms with Crippen molar-refractivity contribution in [2.75, 3.05) is 4.90 Å². The molecular formula is C24H21NO3. The van der Waals surface area contributed by atoms with Crippen molar-refractivity contribution in [3.8, 4) is 0 Å². The lowest BCUT2D eigenvalue weighted by molar-refractivity contribution is -0.136. The second kappa shape index (κ2) is 7.06. The van der Waals surface area contributed by atoms with Gasteiger partial charge in [-0.05, 0) is 18.6 Å². The average Bonchev–Trinajstić information content (AvgIpc) is 2.91. The molecule has 0 saturated carbocycles. The third-order valence-electron chi connectivity index (χ3n) is 5.17. The number of aryl methyl sites for hydroxylation is 1. The summed E-state index contributed by atoms with van der Waals surface area (Å²) in [6, 6.07) is 23.8. The summed E-state index contributed by atoms with van der Waals surface area (Å²) in [5.74, 6) is -0.719. The van der Waals surface area contributed by atoms with Crippen LogP contribution in [0.4, 0.5) is 5.69 Å². The van der Waals surface area contributed by atoms with Gasteiger partial charge in [0.15, 0.2) is 11.4 Å². The summed E-state index contributed by atoms with van der Waals surface area (Å²) in [5, 5.41) is 11.3. The van der Waals surface area contributed by atoms with Crippen molar-refractivity contribution in [3.63, 3.8) is 0 Å². The normalized spacial score (nSPS) is 18.2. The Morgan fingerprint density at radius 2 is 1.68 bits per heavy atom. The molecule has 140 valence electrons. The number of anilines is 1. The monoisotopic (exact) mass is 371 g/mol. The third kappa shape index (κ3) is 3.12. The second-order valence-corrected chi connectivity index (χ2v) is 7.22. The van der Waals surface area contributed by atoms with Crippen molar-refractivity contribution in [2.24, 2.45) is 0 Å². The molecule has 1 aliphatic heterocycles. The first-order chi connectivity index (χ1) is 13.5. The Bertz CT molecular complexity index is 1040. The molecule has 4 heteroatoms. The van der Waals surface area contributed by atoms with Gasteiger partial charge in [-0.1, -0.05) is 78.4 Å². The lowest BCUT2D eigenvalue weighted by atomic mass is 9.88. The molecule has 0 spiro atoms. The molecule has 0 aromatic heterocycles. The maximum atomic E-state index is 13.3. The molecule has 0 fully saturated rings. The molecule has 0 unspecified atom stereocenters. The van der Waals surface area contributed by atoms with E-state index in [1.165, 1.54) is 0 Å². The van der Waals surface area contributed by atoms with Gasteiger partial charge in [0.05, 0.1) is 18.7 Å². The minimum absolute atomic E-state index is 0.261. The van der Waals surface area contributed by atoms with E-state index in [0.717, 1.165) is 11.1 Å². The number of hydrogen-bond donors (Lipinski definition) is 1. The number of ketones is 1. The Kier molecular flexibility index (Phi) is 4.57. The molecule has 3 aromatic carbocycles. The van der Waals surface area contributed by atoms with Crippen LogP contribution in [0.1, 0.15) is 33.5 Å². The molecule has 0 aliphatic carbocycles. The van der Waals surface area contributed by atoms with Crippen LogP contribution in [-0.2, 0) is 16.9 Å². The molecule has 1 aliphatic rings. The number of amides is 1. The molecule has 1 atom stereocenters. The number of carbonyl (C=O) groups excluding carboxylic acids is 2. The van der Waals surface area contributed by atoms with Crippen LogP contribution < -0.4 is 4.90 Å². The highest BCUT2D eigenvalue weighted by Crippen LogP contribution is 2.43. The molecule has 4 nitrogen and oxygen atoms in total. The lowest BCUT2D eigenvalue weighted by Gasteiger charge is -2.23. The van der Waals surface area contributed by atoms with Gasteiger partial charge >= 0.3 is 0 Å². The Morgan fingerprint density at radius 3 is 2.43 bits per heavy atom. The molecule has 0 saturated heterocycles. The smallest absolute Gasteiger partial charge is 0.264 e. The van der Waals surface area contributed by atoms with Crippen LogP contribution in [0.2, 0.25) is 0 Å². The van der Waals surface area contributed by atoms with E-state index in [2.05, 4.69) is 0 Å². The number of Topliss-reactive ketones (excluding diaryl/α,β-unsaturated/α-hetero) is 1. The van der Waals surface area contributed by atoms with Crippen molar-refractivity contribution >= 4 is 17.4 Å². The van der Waals surface area contributed by atoms with Gasteiger partial charge in [-0.3, -0.25) is 9.59 Å². The minimum atomic E-state index is -1.85. The van der Waals surface area contributed by atoms with E-state index in [1.807, 2.05) is 49.4 Å². The predicted octanol–water partition coefficient (Wildman–Crippen LogP) is 4.00. The van der Waals surface area contributed by atoms with Gasteiger partial charge in [0.2, 0.25) is 0 Å². The van der Waals surface area contributed by atoms with Crippen molar-refractivity contribution < 1.29 is 14.7 Å². The van der Waals surface area contributed by atoms with Crippen LogP contribution >= 0.6 is 0 Å². The molecular weight excluding hydrogens is 350 g/mol. The van der Waals surface area contributed by atoms with Crippen LogP contribution in [0.15, 0.2) is 78.9 Å². The van der Waals surface area contributed by atoms with E-state index in [1.54, 1.807) is 41.3 Å². The predicted molar refractivity (Wildman–Crippen MR) is 108 cm³/mol. The van der Waals surface area contributed by atoms with Gasteiger partial charge < -0.3 is 10.0 Å². The van der Waals surface area contributed by atoms with Crippen molar-refractivity contribution in [3.05, 3.63) is 101 Å². The number of nitrogens with zero attached hydrogens (tertiary/aromatic N) is 1. The highest BCUT2D eigenvalue weighted by Gasteiger charge is 2.50. The van der Waals surface area contributed by atoms with E-state index in [4.69, 9.17) is 0 Å². The van der Waals surface area contributed by atoms with Gasteiger partial charge in [0.1, 0.15) is 0 Å². The fraction of sp³-hybridized carbons (Fsp3) is 0.167. The molecule has 28 heavy (non-hydrogen) atoms. The van der Waals surface area contributed by atoms with Crippen molar-refractivity contribution in [1.29, 1.82) is 0 Å². The van der Waals surface area contributed by atoms with Gasteiger partial charge in [-0.2, -0.15) is 0 Å². The third-order valence-corrected chi connectivity index (χ3v) is 5.17. The number of carbonyl (C=O) groups is 2. The van der Waals surface area contributed by atoms with Crippen LogP contribution in [0, 0.1) is 6.92 Å². The van der Waals surface area contributed by atoms with E-state index in [-0.39, 0.29) is 12.2 Å².